The van der Waals surface area contributed by atoms with Gasteiger partial charge >= 0.3 is 0 Å². The number of piperazine rings is 1. The lowest BCUT2D eigenvalue weighted by atomic mass is 10.2. The zero-order chi connectivity index (χ0) is 20.8. The van der Waals surface area contributed by atoms with Crippen molar-refractivity contribution in [2.45, 2.75) is 6.92 Å². The van der Waals surface area contributed by atoms with E-state index >= 15 is 0 Å². The fourth-order valence-electron chi connectivity index (χ4n) is 3.20. The van der Waals surface area contributed by atoms with Crippen LogP contribution in [0.15, 0.2) is 42.5 Å². The highest BCUT2D eigenvalue weighted by Gasteiger charge is 2.19. The van der Waals surface area contributed by atoms with Gasteiger partial charge in [0, 0.05) is 42.6 Å². The van der Waals surface area contributed by atoms with Crippen LogP contribution < -0.4 is 15.5 Å². The average Bonchev–Trinajstić information content (AvgIpc) is 2.71. The minimum atomic E-state index is -0.291. The van der Waals surface area contributed by atoms with Gasteiger partial charge < -0.3 is 20.6 Å². The molecule has 1 aliphatic rings. The van der Waals surface area contributed by atoms with E-state index in [0.717, 1.165) is 37.4 Å². The summed E-state index contributed by atoms with van der Waals surface area (Å²) in [5, 5.41) is 15.4. The number of aromatic hydroxyl groups is 1. The first-order valence-electron chi connectivity index (χ1n) is 9.50. The SMILES string of the molecule is Cc1c(Cl)cccc1NC(=O)CNC(=O)CN1CCN(c2ccc(O)cc2)CC1. The molecular formula is C21H25ClN4O3. The summed E-state index contributed by atoms with van der Waals surface area (Å²) in [6.07, 6.45) is 0. The summed E-state index contributed by atoms with van der Waals surface area (Å²) in [4.78, 5) is 28.6. The molecule has 0 aromatic heterocycles. The van der Waals surface area contributed by atoms with Crippen molar-refractivity contribution in [3.8, 4) is 5.75 Å². The Hall–Kier alpha value is -2.77. The van der Waals surface area contributed by atoms with Gasteiger partial charge in [-0.05, 0) is 48.9 Å². The second kappa shape index (κ2) is 9.62. The zero-order valence-corrected chi connectivity index (χ0v) is 17.1. The van der Waals surface area contributed by atoms with Crippen molar-refractivity contribution >= 4 is 34.8 Å². The molecule has 0 aliphatic carbocycles. The lowest BCUT2D eigenvalue weighted by Gasteiger charge is -2.35. The van der Waals surface area contributed by atoms with Gasteiger partial charge in [0.2, 0.25) is 11.8 Å². The van der Waals surface area contributed by atoms with E-state index in [1.165, 1.54) is 0 Å². The van der Waals surface area contributed by atoms with E-state index < -0.39 is 0 Å². The smallest absolute Gasteiger partial charge is 0.243 e. The van der Waals surface area contributed by atoms with Crippen LogP contribution in [0.5, 0.6) is 5.75 Å². The first kappa shape index (κ1) is 21.0. The molecule has 29 heavy (non-hydrogen) atoms. The number of nitrogens with zero attached hydrogens (tertiary/aromatic N) is 2. The van der Waals surface area contributed by atoms with Gasteiger partial charge in [0.05, 0.1) is 13.1 Å². The van der Waals surface area contributed by atoms with E-state index in [2.05, 4.69) is 20.4 Å². The fraction of sp³-hybridized carbons (Fsp3) is 0.333. The number of rotatable bonds is 6. The van der Waals surface area contributed by atoms with E-state index in [0.29, 0.717) is 10.7 Å². The van der Waals surface area contributed by atoms with Gasteiger partial charge in [0.15, 0.2) is 0 Å². The van der Waals surface area contributed by atoms with Gasteiger partial charge in [0.25, 0.3) is 0 Å². The maximum Gasteiger partial charge on any atom is 0.243 e. The van der Waals surface area contributed by atoms with Gasteiger partial charge in [-0.1, -0.05) is 17.7 Å². The van der Waals surface area contributed by atoms with Crippen LogP contribution in [0.4, 0.5) is 11.4 Å². The highest BCUT2D eigenvalue weighted by molar-refractivity contribution is 6.31. The number of phenols is 1. The maximum absolute atomic E-state index is 12.2. The Morgan fingerprint density at radius 3 is 2.41 bits per heavy atom. The van der Waals surface area contributed by atoms with Crippen LogP contribution in [-0.4, -0.2) is 61.1 Å². The zero-order valence-electron chi connectivity index (χ0n) is 16.3. The quantitative estimate of drug-likeness (QED) is 0.672. The summed E-state index contributed by atoms with van der Waals surface area (Å²) in [7, 11) is 0. The molecule has 0 bridgehead atoms. The number of carbonyl (C=O) groups is 2. The van der Waals surface area contributed by atoms with Gasteiger partial charge in [-0.2, -0.15) is 0 Å². The third-order valence-electron chi connectivity index (χ3n) is 4.94. The summed E-state index contributed by atoms with van der Waals surface area (Å²) < 4.78 is 0. The van der Waals surface area contributed by atoms with Crippen molar-refractivity contribution in [1.29, 1.82) is 0 Å². The molecule has 0 spiro atoms. The number of nitrogens with one attached hydrogen (secondary N) is 2. The van der Waals surface area contributed by atoms with Gasteiger partial charge in [0.1, 0.15) is 5.75 Å². The summed E-state index contributed by atoms with van der Waals surface area (Å²) in [5.74, 6) is -0.222. The molecule has 1 aliphatic heterocycles. The molecular weight excluding hydrogens is 392 g/mol. The van der Waals surface area contributed by atoms with Crippen molar-refractivity contribution in [1.82, 2.24) is 10.2 Å². The molecule has 3 N–H and O–H groups in total. The molecule has 1 heterocycles. The number of benzene rings is 2. The Balaban J connectivity index is 1.39. The molecule has 0 saturated carbocycles. The number of phenolic OH excluding ortho intramolecular Hbond substituents is 1. The van der Waals surface area contributed by atoms with Crippen molar-refractivity contribution in [2.24, 2.45) is 0 Å². The Bertz CT molecular complexity index is 865. The summed E-state index contributed by atoms with van der Waals surface area (Å²) in [6.45, 7) is 5.10. The van der Waals surface area contributed by atoms with Gasteiger partial charge in [-0.3, -0.25) is 14.5 Å². The molecule has 0 radical (unpaired) electrons. The molecule has 1 fully saturated rings. The first-order valence-corrected chi connectivity index (χ1v) is 9.88. The molecule has 3 rings (SSSR count). The van der Waals surface area contributed by atoms with Gasteiger partial charge in [-0.25, -0.2) is 0 Å². The lowest BCUT2D eigenvalue weighted by Crippen LogP contribution is -2.50. The standard InChI is InChI=1S/C21H25ClN4O3/c1-15-18(22)3-2-4-19(15)24-20(28)13-23-21(29)14-25-9-11-26(12-10-25)16-5-7-17(27)8-6-16/h2-8,27H,9-14H2,1H3,(H,23,29)(H,24,28). The van der Waals surface area contributed by atoms with Crippen LogP contribution in [0.25, 0.3) is 0 Å². The van der Waals surface area contributed by atoms with E-state index in [1.54, 1.807) is 30.3 Å². The first-order chi connectivity index (χ1) is 13.9. The van der Waals surface area contributed by atoms with E-state index in [1.807, 2.05) is 19.1 Å². The van der Waals surface area contributed by atoms with Crippen LogP contribution in [0, 0.1) is 6.92 Å². The maximum atomic E-state index is 12.2. The van der Waals surface area contributed by atoms with Crippen molar-refractivity contribution in [3.63, 3.8) is 0 Å². The number of hydrogen-bond donors (Lipinski definition) is 3. The van der Waals surface area contributed by atoms with Crippen LogP contribution in [-0.2, 0) is 9.59 Å². The Labute approximate surface area is 175 Å². The second-order valence-electron chi connectivity index (χ2n) is 7.02. The molecule has 0 atom stereocenters. The van der Waals surface area contributed by atoms with Crippen molar-refractivity contribution in [3.05, 3.63) is 53.1 Å². The van der Waals surface area contributed by atoms with E-state index in [9.17, 15) is 14.7 Å². The molecule has 0 unspecified atom stereocenters. The molecule has 2 aromatic carbocycles. The van der Waals surface area contributed by atoms with Crippen molar-refractivity contribution in [2.75, 3.05) is 49.5 Å². The Kier molecular flexibility index (Phi) is 6.95. The second-order valence-corrected chi connectivity index (χ2v) is 7.42. The summed E-state index contributed by atoms with van der Waals surface area (Å²) >= 11 is 6.05. The number of anilines is 2. The highest BCUT2D eigenvalue weighted by atomic mass is 35.5. The molecule has 2 amide bonds. The normalized spacial score (nSPS) is 14.5. The van der Waals surface area contributed by atoms with Crippen LogP contribution >= 0.6 is 11.6 Å². The minimum Gasteiger partial charge on any atom is -0.508 e. The van der Waals surface area contributed by atoms with Crippen molar-refractivity contribution < 1.29 is 14.7 Å². The lowest BCUT2D eigenvalue weighted by molar-refractivity contribution is -0.125. The Morgan fingerprint density at radius 1 is 1.03 bits per heavy atom. The topological polar surface area (TPSA) is 84.9 Å². The predicted octanol–water partition coefficient (Wildman–Crippen LogP) is 2.23. The number of hydrogen-bond acceptors (Lipinski definition) is 5. The number of amides is 2. The molecule has 7 nitrogen and oxygen atoms in total. The largest absolute Gasteiger partial charge is 0.508 e. The van der Waals surface area contributed by atoms with Crippen LogP contribution in [0.2, 0.25) is 5.02 Å². The van der Waals surface area contributed by atoms with E-state index in [4.69, 9.17) is 11.6 Å². The Morgan fingerprint density at radius 2 is 1.72 bits per heavy atom. The summed E-state index contributed by atoms with van der Waals surface area (Å²) in [6, 6.07) is 12.4. The number of halogens is 1. The average molecular weight is 417 g/mol. The molecule has 2 aromatic rings. The highest BCUT2D eigenvalue weighted by Crippen LogP contribution is 2.22. The predicted molar refractivity (Wildman–Crippen MR) is 115 cm³/mol. The van der Waals surface area contributed by atoms with Crippen LogP contribution in [0.3, 0.4) is 0 Å². The molecule has 8 heteroatoms. The number of carbonyl (C=O) groups excluding carboxylic acids is 2. The van der Waals surface area contributed by atoms with E-state index in [-0.39, 0.29) is 30.7 Å². The fourth-order valence-corrected chi connectivity index (χ4v) is 3.38. The minimum absolute atomic E-state index is 0.0851. The summed E-state index contributed by atoms with van der Waals surface area (Å²) in [5.41, 5.74) is 2.49. The molecule has 154 valence electrons. The third kappa shape index (κ3) is 5.85. The third-order valence-corrected chi connectivity index (χ3v) is 5.35. The van der Waals surface area contributed by atoms with Crippen LogP contribution in [0.1, 0.15) is 5.56 Å². The monoisotopic (exact) mass is 416 g/mol. The van der Waals surface area contributed by atoms with Gasteiger partial charge in [-0.15, -0.1) is 0 Å². The molecule has 1 saturated heterocycles.